The van der Waals surface area contributed by atoms with Crippen LogP contribution >= 0.6 is 15.9 Å². The molecule has 138 valence electrons. The van der Waals surface area contributed by atoms with E-state index in [0.717, 1.165) is 16.5 Å². The van der Waals surface area contributed by atoms with E-state index in [2.05, 4.69) is 28.2 Å². The quantitative estimate of drug-likeness (QED) is 0.660. The lowest BCUT2D eigenvalue weighted by Gasteiger charge is -2.15. The predicted octanol–water partition coefficient (Wildman–Crippen LogP) is 3.81. The number of hydrogen-bond donors (Lipinski definition) is 1. The second kappa shape index (κ2) is 9.97. The maximum absolute atomic E-state index is 11.9. The van der Waals surface area contributed by atoms with Crippen LogP contribution in [-0.2, 0) is 20.7 Å². The van der Waals surface area contributed by atoms with Gasteiger partial charge in [-0.1, -0.05) is 47.1 Å². The van der Waals surface area contributed by atoms with E-state index in [1.54, 1.807) is 12.1 Å². The zero-order valence-electron chi connectivity index (χ0n) is 14.8. The molecular formula is C20H22BrNO4. The van der Waals surface area contributed by atoms with Crippen LogP contribution in [0.2, 0.25) is 0 Å². The van der Waals surface area contributed by atoms with Crippen LogP contribution < -0.4 is 10.1 Å². The number of aryl methyl sites for hydroxylation is 1. The van der Waals surface area contributed by atoms with Crippen molar-refractivity contribution >= 4 is 27.8 Å². The van der Waals surface area contributed by atoms with Gasteiger partial charge in [-0.2, -0.15) is 0 Å². The van der Waals surface area contributed by atoms with E-state index in [9.17, 15) is 9.59 Å². The number of nitrogens with one attached hydrogen (secondary N) is 1. The van der Waals surface area contributed by atoms with E-state index >= 15 is 0 Å². The minimum Gasteiger partial charge on any atom is -0.482 e. The van der Waals surface area contributed by atoms with Gasteiger partial charge in [-0.3, -0.25) is 4.79 Å². The second-order valence-corrected chi connectivity index (χ2v) is 6.70. The largest absolute Gasteiger partial charge is 0.482 e. The van der Waals surface area contributed by atoms with Gasteiger partial charge < -0.3 is 14.8 Å². The van der Waals surface area contributed by atoms with E-state index in [1.165, 1.54) is 5.56 Å². The van der Waals surface area contributed by atoms with Gasteiger partial charge in [0, 0.05) is 4.47 Å². The van der Waals surface area contributed by atoms with E-state index in [0.29, 0.717) is 5.75 Å². The molecule has 0 bridgehead atoms. The number of benzene rings is 2. The maximum atomic E-state index is 11.9. The summed E-state index contributed by atoms with van der Waals surface area (Å²) in [6.07, 6.45) is 0.972. The van der Waals surface area contributed by atoms with E-state index in [1.807, 2.05) is 43.3 Å². The number of ether oxygens (including phenoxy) is 2. The first-order chi connectivity index (χ1) is 12.5. The van der Waals surface area contributed by atoms with Crippen molar-refractivity contribution < 1.29 is 19.1 Å². The van der Waals surface area contributed by atoms with Crippen molar-refractivity contribution in [3.63, 3.8) is 0 Å². The molecule has 2 rings (SSSR count). The minimum absolute atomic E-state index is 0.161. The summed E-state index contributed by atoms with van der Waals surface area (Å²) in [6.45, 7) is 3.40. The first-order valence-electron chi connectivity index (χ1n) is 8.40. The molecule has 0 fully saturated rings. The summed E-state index contributed by atoms with van der Waals surface area (Å²) >= 11 is 3.32. The molecule has 0 aliphatic carbocycles. The lowest BCUT2D eigenvalue weighted by molar-refractivity contribution is -0.150. The highest BCUT2D eigenvalue weighted by molar-refractivity contribution is 9.10. The fraction of sp³-hybridized carbons (Fsp3) is 0.300. The number of rotatable bonds is 8. The second-order valence-electron chi connectivity index (χ2n) is 5.79. The van der Waals surface area contributed by atoms with Crippen molar-refractivity contribution in [2.75, 3.05) is 13.2 Å². The van der Waals surface area contributed by atoms with Crippen LogP contribution in [0, 0.1) is 0 Å². The van der Waals surface area contributed by atoms with E-state index in [4.69, 9.17) is 9.47 Å². The minimum atomic E-state index is -0.594. The van der Waals surface area contributed by atoms with Crippen LogP contribution in [0.1, 0.15) is 31.0 Å². The Balaban J connectivity index is 1.71. The average molecular weight is 420 g/mol. The molecule has 1 N–H and O–H groups in total. The predicted molar refractivity (Wildman–Crippen MR) is 103 cm³/mol. The van der Waals surface area contributed by atoms with Crippen LogP contribution in [0.5, 0.6) is 5.75 Å². The van der Waals surface area contributed by atoms with Gasteiger partial charge in [0.05, 0.1) is 6.04 Å². The Bertz CT molecular complexity index is 728. The van der Waals surface area contributed by atoms with Gasteiger partial charge in [0.2, 0.25) is 0 Å². The Labute approximate surface area is 161 Å². The SMILES string of the molecule is CCc1ccc([C@@H](C)NC(=O)COC(=O)COc2ccc(Br)cc2)cc1. The van der Waals surface area contributed by atoms with Gasteiger partial charge in [0.1, 0.15) is 5.75 Å². The van der Waals surface area contributed by atoms with Crippen molar-refractivity contribution in [2.24, 2.45) is 0 Å². The molecule has 0 unspecified atom stereocenters. The van der Waals surface area contributed by atoms with Crippen molar-refractivity contribution in [1.82, 2.24) is 5.32 Å². The van der Waals surface area contributed by atoms with Gasteiger partial charge in [0.25, 0.3) is 5.91 Å². The summed E-state index contributed by atoms with van der Waals surface area (Å²) in [4.78, 5) is 23.6. The molecule has 1 amide bonds. The summed E-state index contributed by atoms with van der Waals surface area (Å²) in [7, 11) is 0. The van der Waals surface area contributed by atoms with E-state index in [-0.39, 0.29) is 25.2 Å². The molecule has 2 aromatic rings. The number of esters is 1. The first-order valence-corrected chi connectivity index (χ1v) is 9.19. The number of carbonyl (C=O) groups is 2. The number of amides is 1. The Morgan fingerprint density at radius 3 is 2.31 bits per heavy atom. The van der Waals surface area contributed by atoms with Gasteiger partial charge >= 0.3 is 5.97 Å². The monoisotopic (exact) mass is 419 g/mol. The summed E-state index contributed by atoms with van der Waals surface area (Å²) in [6, 6.07) is 15.0. The highest BCUT2D eigenvalue weighted by Gasteiger charge is 2.12. The zero-order chi connectivity index (χ0) is 18.9. The molecule has 6 heteroatoms. The third-order valence-electron chi connectivity index (χ3n) is 3.80. The molecule has 0 aliphatic rings. The lowest BCUT2D eigenvalue weighted by atomic mass is 10.1. The highest BCUT2D eigenvalue weighted by atomic mass is 79.9. The number of halogens is 1. The maximum Gasteiger partial charge on any atom is 0.344 e. The smallest absolute Gasteiger partial charge is 0.344 e. The molecule has 26 heavy (non-hydrogen) atoms. The molecule has 0 saturated carbocycles. The Morgan fingerprint density at radius 1 is 1.04 bits per heavy atom. The standard InChI is InChI=1S/C20H22BrNO4/c1-3-15-4-6-16(7-5-15)14(2)22-19(23)12-26-20(24)13-25-18-10-8-17(21)9-11-18/h4-11,14H,3,12-13H2,1-2H3,(H,22,23)/t14-/m1/s1. The Kier molecular flexibility index (Phi) is 7.66. The van der Waals surface area contributed by atoms with Crippen LogP contribution in [-0.4, -0.2) is 25.1 Å². The van der Waals surface area contributed by atoms with Crippen LogP contribution in [0.3, 0.4) is 0 Å². The van der Waals surface area contributed by atoms with Gasteiger partial charge in [-0.05, 0) is 48.7 Å². The molecule has 0 spiro atoms. The van der Waals surface area contributed by atoms with Gasteiger partial charge in [-0.25, -0.2) is 4.79 Å². The molecular weight excluding hydrogens is 398 g/mol. The summed E-state index contributed by atoms with van der Waals surface area (Å²) in [5, 5.41) is 2.81. The molecule has 0 radical (unpaired) electrons. The van der Waals surface area contributed by atoms with Crippen LogP contribution in [0.15, 0.2) is 53.0 Å². The average Bonchev–Trinajstić information content (AvgIpc) is 2.66. The van der Waals surface area contributed by atoms with Crippen molar-refractivity contribution in [2.45, 2.75) is 26.3 Å². The summed E-state index contributed by atoms with van der Waals surface area (Å²) < 4.78 is 11.2. The van der Waals surface area contributed by atoms with Crippen LogP contribution in [0.4, 0.5) is 0 Å². The van der Waals surface area contributed by atoms with Gasteiger partial charge in [0.15, 0.2) is 13.2 Å². The number of carbonyl (C=O) groups excluding carboxylic acids is 2. The fourth-order valence-electron chi connectivity index (χ4n) is 2.27. The Morgan fingerprint density at radius 2 is 1.69 bits per heavy atom. The highest BCUT2D eigenvalue weighted by Crippen LogP contribution is 2.16. The molecule has 0 heterocycles. The molecule has 0 aliphatic heterocycles. The molecule has 5 nitrogen and oxygen atoms in total. The summed E-state index contributed by atoms with van der Waals surface area (Å²) in [5.74, 6) is -0.393. The molecule has 2 aromatic carbocycles. The van der Waals surface area contributed by atoms with Crippen molar-refractivity contribution in [1.29, 1.82) is 0 Å². The first kappa shape index (κ1) is 20.0. The topological polar surface area (TPSA) is 64.6 Å². The zero-order valence-corrected chi connectivity index (χ0v) is 16.4. The summed E-state index contributed by atoms with van der Waals surface area (Å²) in [5.41, 5.74) is 2.24. The molecule has 1 atom stereocenters. The Hall–Kier alpha value is -2.34. The third kappa shape index (κ3) is 6.52. The van der Waals surface area contributed by atoms with Crippen LogP contribution in [0.25, 0.3) is 0 Å². The number of hydrogen-bond acceptors (Lipinski definition) is 4. The molecule has 0 saturated heterocycles. The molecule has 0 aromatic heterocycles. The van der Waals surface area contributed by atoms with Crippen molar-refractivity contribution in [3.05, 3.63) is 64.1 Å². The fourth-order valence-corrected chi connectivity index (χ4v) is 2.53. The van der Waals surface area contributed by atoms with E-state index < -0.39 is 5.97 Å². The normalized spacial score (nSPS) is 11.5. The third-order valence-corrected chi connectivity index (χ3v) is 4.33. The van der Waals surface area contributed by atoms with Gasteiger partial charge in [-0.15, -0.1) is 0 Å². The lowest BCUT2D eigenvalue weighted by Crippen LogP contribution is -2.31. The van der Waals surface area contributed by atoms with Crippen molar-refractivity contribution in [3.8, 4) is 5.75 Å².